The number of benzene rings is 1. The van der Waals surface area contributed by atoms with Crippen molar-refractivity contribution in [2.24, 2.45) is 0 Å². The number of hydrogen-bond donors (Lipinski definition) is 1. The molecule has 1 aromatic heterocycles. The maximum absolute atomic E-state index is 12.1. The molecule has 0 saturated carbocycles. The average Bonchev–Trinajstić information content (AvgIpc) is 2.45. The number of nitrogens with one attached hydrogen (secondary N) is 1. The van der Waals surface area contributed by atoms with Gasteiger partial charge in [-0.15, -0.1) is 0 Å². The Morgan fingerprint density at radius 1 is 1.09 bits per heavy atom. The van der Waals surface area contributed by atoms with E-state index in [4.69, 9.17) is 0 Å². The van der Waals surface area contributed by atoms with E-state index in [-0.39, 0.29) is 5.91 Å². The summed E-state index contributed by atoms with van der Waals surface area (Å²) in [6.07, 6.45) is 1.75. The van der Waals surface area contributed by atoms with Crippen LogP contribution >= 0.6 is 0 Å². The maximum Gasteiger partial charge on any atom is 0.239 e. The zero-order valence-electron chi connectivity index (χ0n) is 14.6. The second-order valence-electron chi connectivity index (χ2n) is 6.32. The van der Waals surface area contributed by atoms with Crippen molar-refractivity contribution in [2.75, 3.05) is 18.9 Å². The molecule has 122 valence electrons. The molecule has 0 unspecified atom stereocenters. The molecule has 4 heteroatoms. The lowest BCUT2D eigenvalue weighted by Crippen LogP contribution is -2.30. The topological polar surface area (TPSA) is 45.2 Å². The standard InChI is InChI=1S/C19H25N3O/c1-13-6-7-18(20-10-13)21-19(23)12-22(5)11-17-15(3)8-14(2)9-16(17)4/h6-10H,11-12H2,1-5H3,(H,20,21,23). The Morgan fingerprint density at radius 2 is 1.74 bits per heavy atom. The number of hydrogen-bond acceptors (Lipinski definition) is 3. The second kappa shape index (κ2) is 7.38. The quantitative estimate of drug-likeness (QED) is 0.920. The zero-order chi connectivity index (χ0) is 17.0. The predicted octanol–water partition coefficient (Wildman–Crippen LogP) is 3.39. The van der Waals surface area contributed by atoms with Crippen LogP contribution in [0.15, 0.2) is 30.5 Å². The van der Waals surface area contributed by atoms with E-state index in [0.717, 1.165) is 12.1 Å². The van der Waals surface area contributed by atoms with Gasteiger partial charge >= 0.3 is 0 Å². The van der Waals surface area contributed by atoms with Crippen molar-refractivity contribution in [2.45, 2.75) is 34.2 Å². The van der Waals surface area contributed by atoms with Crippen molar-refractivity contribution in [3.63, 3.8) is 0 Å². The number of pyridine rings is 1. The van der Waals surface area contributed by atoms with E-state index in [1.807, 2.05) is 31.0 Å². The van der Waals surface area contributed by atoms with Crippen molar-refractivity contribution in [1.29, 1.82) is 0 Å². The van der Waals surface area contributed by atoms with Gasteiger partial charge in [-0.2, -0.15) is 0 Å². The normalized spacial score (nSPS) is 10.9. The zero-order valence-corrected chi connectivity index (χ0v) is 14.6. The van der Waals surface area contributed by atoms with Gasteiger partial charge in [-0.3, -0.25) is 9.69 Å². The van der Waals surface area contributed by atoms with Gasteiger partial charge in [0.05, 0.1) is 6.54 Å². The van der Waals surface area contributed by atoms with E-state index < -0.39 is 0 Å². The van der Waals surface area contributed by atoms with Crippen LogP contribution in [-0.2, 0) is 11.3 Å². The molecule has 1 amide bonds. The minimum absolute atomic E-state index is 0.0497. The fraction of sp³-hybridized carbons (Fsp3) is 0.368. The van der Waals surface area contributed by atoms with Gasteiger partial charge in [-0.1, -0.05) is 23.8 Å². The third kappa shape index (κ3) is 4.89. The van der Waals surface area contributed by atoms with Gasteiger partial charge in [0.1, 0.15) is 5.82 Å². The van der Waals surface area contributed by atoms with Gasteiger partial charge < -0.3 is 5.32 Å². The molecule has 2 rings (SSSR count). The first kappa shape index (κ1) is 17.2. The highest BCUT2D eigenvalue weighted by molar-refractivity contribution is 5.91. The number of likely N-dealkylation sites (N-methyl/N-ethyl adjacent to an activating group) is 1. The third-order valence-corrected chi connectivity index (χ3v) is 3.86. The van der Waals surface area contributed by atoms with E-state index in [1.54, 1.807) is 6.20 Å². The second-order valence-corrected chi connectivity index (χ2v) is 6.32. The molecule has 2 aromatic rings. The highest BCUT2D eigenvalue weighted by Crippen LogP contribution is 2.17. The highest BCUT2D eigenvalue weighted by atomic mass is 16.2. The van der Waals surface area contributed by atoms with Crippen LogP contribution in [0.4, 0.5) is 5.82 Å². The molecule has 0 radical (unpaired) electrons. The number of carbonyl (C=O) groups excluding carboxylic acids is 1. The maximum atomic E-state index is 12.1. The van der Waals surface area contributed by atoms with Crippen molar-refractivity contribution in [3.8, 4) is 0 Å². The van der Waals surface area contributed by atoms with Crippen LogP contribution in [0.3, 0.4) is 0 Å². The SMILES string of the molecule is Cc1ccc(NC(=O)CN(C)Cc2c(C)cc(C)cc2C)nc1. The lowest BCUT2D eigenvalue weighted by Gasteiger charge is -2.19. The number of aromatic nitrogens is 1. The fourth-order valence-corrected chi connectivity index (χ4v) is 2.75. The Hall–Kier alpha value is -2.20. The molecule has 0 aliphatic carbocycles. The van der Waals surface area contributed by atoms with Crippen LogP contribution in [0, 0.1) is 27.7 Å². The molecule has 0 bridgehead atoms. The van der Waals surface area contributed by atoms with Crippen molar-refractivity contribution in [3.05, 3.63) is 58.3 Å². The van der Waals surface area contributed by atoms with E-state index in [0.29, 0.717) is 12.4 Å². The van der Waals surface area contributed by atoms with Gasteiger partial charge in [0.15, 0.2) is 0 Å². The molecule has 0 saturated heterocycles. The highest BCUT2D eigenvalue weighted by Gasteiger charge is 2.11. The first-order valence-electron chi connectivity index (χ1n) is 7.83. The first-order chi connectivity index (χ1) is 10.8. The smallest absolute Gasteiger partial charge is 0.239 e. The van der Waals surface area contributed by atoms with E-state index in [9.17, 15) is 4.79 Å². The lowest BCUT2D eigenvalue weighted by molar-refractivity contribution is -0.117. The molecule has 1 heterocycles. The molecule has 23 heavy (non-hydrogen) atoms. The number of anilines is 1. The van der Waals surface area contributed by atoms with Crippen LogP contribution in [0.5, 0.6) is 0 Å². The monoisotopic (exact) mass is 311 g/mol. The molecule has 0 fully saturated rings. The van der Waals surface area contributed by atoms with Gasteiger partial charge in [-0.25, -0.2) is 4.98 Å². The lowest BCUT2D eigenvalue weighted by atomic mass is 9.99. The predicted molar refractivity (Wildman–Crippen MR) is 94.6 cm³/mol. The third-order valence-electron chi connectivity index (χ3n) is 3.86. The van der Waals surface area contributed by atoms with Crippen LogP contribution in [0.1, 0.15) is 27.8 Å². The summed E-state index contributed by atoms with van der Waals surface area (Å²) in [5.74, 6) is 0.544. The largest absolute Gasteiger partial charge is 0.310 e. The van der Waals surface area contributed by atoms with Crippen molar-refractivity contribution < 1.29 is 4.79 Å². The Balaban J connectivity index is 1.95. The van der Waals surface area contributed by atoms with Gasteiger partial charge in [-0.05, 0) is 63.1 Å². The van der Waals surface area contributed by atoms with Crippen LogP contribution < -0.4 is 5.32 Å². The summed E-state index contributed by atoms with van der Waals surface area (Å²) in [6, 6.07) is 8.13. The molecule has 4 nitrogen and oxygen atoms in total. The van der Waals surface area contributed by atoms with Crippen molar-refractivity contribution >= 4 is 11.7 Å². The summed E-state index contributed by atoms with van der Waals surface area (Å²) >= 11 is 0. The molecule has 1 aromatic carbocycles. The Morgan fingerprint density at radius 3 is 2.30 bits per heavy atom. The summed E-state index contributed by atoms with van der Waals surface area (Å²) in [4.78, 5) is 18.3. The molecule has 0 atom stereocenters. The summed E-state index contributed by atoms with van der Waals surface area (Å²) in [7, 11) is 1.96. The Bertz CT molecular complexity index is 669. The number of carbonyl (C=O) groups is 1. The Labute approximate surface area is 138 Å². The van der Waals surface area contributed by atoms with Crippen LogP contribution in [-0.4, -0.2) is 29.4 Å². The molecular formula is C19H25N3O. The number of amides is 1. The first-order valence-corrected chi connectivity index (χ1v) is 7.83. The van der Waals surface area contributed by atoms with E-state index in [2.05, 4.69) is 43.2 Å². The Kier molecular flexibility index (Phi) is 5.50. The number of aryl methyl sites for hydroxylation is 4. The molecule has 0 spiro atoms. The summed E-state index contributed by atoms with van der Waals surface area (Å²) in [5, 5.41) is 2.83. The molecule has 0 aliphatic heterocycles. The minimum atomic E-state index is -0.0497. The summed E-state index contributed by atoms with van der Waals surface area (Å²) in [5.41, 5.74) is 6.18. The van der Waals surface area contributed by atoms with Gasteiger partial charge in [0.25, 0.3) is 0 Å². The van der Waals surface area contributed by atoms with Gasteiger partial charge in [0, 0.05) is 12.7 Å². The van der Waals surface area contributed by atoms with Crippen molar-refractivity contribution in [1.82, 2.24) is 9.88 Å². The molecule has 1 N–H and O–H groups in total. The minimum Gasteiger partial charge on any atom is -0.310 e. The average molecular weight is 311 g/mol. The molecule has 0 aliphatic rings. The van der Waals surface area contributed by atoms with E-state index in [1.165, 1.54) is 22.3 Å². The molecular weight excluding hydrogens is 286 g/mol. The summed E-state index contributed by atoms with van der Waals surface area (Å²) < 4.78 is 0. The van der Waals surface area contributed by atoms with Gasteiger partial charge in [0.2, 0.25) is 5.91 Å². The number of rotatable bonds is 5. The summed E-state index contributed by atoms with van der Waals surface area (Å²) in [6.45, 7) is 9.42. The van der Waals surface area contributed by atoms with E-state index >= 15 is 0 Å². The number of nitrogens with zero attached hydrogens (tertiary/aromatic N) is 2. The fourth-order valence-electron chi connectivity index (χ4n) is 2.75. The van der Waals surface area contributed by atoms with Crippen LogP contribution in [0.2, 0.25) is 0 Å². The van der Waals surface area contributed by atoms with Crippen LogP contribution in [0.25, 0.3) is 0 Å².